The molecule has 0 aliphatic carbocycles. The summed E-state index contributed by atoms with van der Waals surface area (Å²) in [6.45, 7) is 0. The fraction of sp³-hybridized carbons (Fsp3) is 0. The zero-order chi connectivity index (χ0) is 10.5. The number of para-hydroxylation sites is 1. The summed E-state index contributed by atoms with van der Waals surface area (Å²) in [5.74, 6) is 0. The summed E-state index contributed by atoms with van der Waals surface area (Å²) in [5.41, 5.74) is 1.95. The molecule has 1 nitrogen and oxygen atoms in total. The zero-order valence-corrected chi connectivity index (χ0v) is 8.85. The van der Waals surface area contributed by atoms with Crippen LogP contribution in [-0.2, 0) is 0 Å². The normalized spacial score (nSPS) is 10.7. The van der Waals surface area contributed by atoms with Gasteiger partial charge in [0.1, 0.15) is 0 Å². The maximum absolute atomic E-state index is 5.86. The van der Waals surface area contributed by atoms with Gasteiger partial charge in [-0.3, -0.25) is 4.99 Å². The molecule has 0 amide bonds. The van der Waals surface area contributed by atoms with Crippen molar-refractivity contribution in [3.8, 4) is 0 Å². The first kappa shape index (κ1) is 9.94. The summed E-state index contributed by atoms with van der Waals surface area (Å²) in [7, 11) is 0. The quantitative estimate of drug-likeness (QED) is 0.669. The van der Waals surface area contributed by atoms with Crippen molar-refractivity contribution in [2.45, 2.75) is 0 Å². The Morgan fingerprint density at radius 3 is 2.47 bits per heavy atom. The Morgan fingerprint density at radius 1 is 0.933 bits per heavy atom. The minimum absolute atomic E-state index is 0.729. The van der Waals surface area contributed by atoms with Gasteiger partial charge in [0, 0.05) is 11.2 Å². The highest BCUT2D eigenvalue weighted by molar-refractivity contribution is 6.30. The number of benzene rings is 2. The number of nitrogens with zero attached hydrogens (tertiary/aromatic N) is 1. The van der Waals surface area contributed by atoms with Gasteiger partial charge in [-0.25, -0.2) is 0 Å². The van der Waals surface area contributed by atoms with Crippen LogP contribution in [0.4, 0.5) is 5.69 Å². The summed E-state index contributed by atoms with van der Waals surface area (Å²) >= 11 is 5.86. The van der Waals surface area contributed by atoms with Crippen LogP contribution in [0.2, 0.25) is 5.02 Å². The number of hydrogen-bond donors (Lipinski definition) is 0. The SMILES string of the molecule is Clc1cccc(/C=N/c2ccccc2)c1. The van der Waals surface area contributed by atoms with Gasteiger partial charge in [-0.2, -0.15) is 0 Å². The Balaban J connectivity index is 2.19. The second-order valence-corrected chi connectivity index (χ2v) is 3.59. The molecule has 0 fully saturated rings. The van der Waals surface area contributed by atoms with E-state index in [1.54, 1.807) is 6.21 Å². The van der Waals surface area contributed by atoms with E-state index in [1.165, 1.54) is 0 Å². The lowest BCUT2D eigenvalue weighted by Gasteiger charge is -1.94. The molecule has 0 saturated heterocycles. The van der Waals surface area contributed by atoms with Gasteiger partial charge in [0.05, 0.1) is 5.69 Å². The van der Waals surface area contributed by atoms with Gasteiger partial charge in [0.15, 0.2) is 0 Å². The van der Waals surface area contributed by atoms with Crippen LogP contribution in [0.25, 0.3) is 0 Å². The van der Waals surface area contributed by atoms with E-state index in [9.17, 15) is 0 Å². The summed E-state index contributed by atoms with van der Waals surface area (Å²) < 4.78 is 0. The molecule has 0 radical (unpaired) electrons. The second-order valence-electron chi connectivity index (χ2n) is 3.15. The highest BCUT2D eigenvalue weighted by atomic mass is 35.5. The molecule has 0 atom stereocenters. The molecule has 0 aliphatic heterocycles. The highest BCUT2D eigenvalue weighted by Crippen LogP contribution is 2.12. The summed E-state index contributed by atoms with van der Waals surface area (Å²) in [6.07, 6.45) is 1.81. The van der Waals surface area contributed by atoms with Crippen molar-refractivity contribution >= 4 is 23.5 Å². The number of halogens is 1. The van der Waals surface area contributed by atoms with Gasteiger partial charge in [-0.05, 0) is 29.8 Å². The molecular formula is C13H10ClN. The van der Waals surface area contributed by atoms with Crippen LogP contribution in [0.15, 0.2) is 59.6 Å². The molecule has 0 bridgehead atoms. The van der Waals surface area contributed by atoms with E-state index in [-0.39, 0.29) is 0 Å². The summed E-state index contributed by atoms with van der Waals surface area (Å²) in [4.78, 5) is 4.33. The molecule has 0 aromatic heterocycles. The zero-order valence-electron chi connectivity index (χ0n) is 8.10. The van der Waals surface area contributed by atoms with Gasteiger partial charge in [-0.1, -0.05) is 41.9 Å². The van der Waals surface area contributed by atoms with E-state index in [1.807, 2.05) is 54.6 Å². The predicted octanol–water partition coefficient (Wildman–Crippen LogP) is 4.09. The van der Waals surface area contributed by atoms with Gasteiger partial charge in [0.2, 0.25) is 0 Å². The Bertz CT molecular complexity index is 463. The van der Waals surface area contributed by atoms with Crippen LogP contribution < -0.4 is 0 Å². The van der Waals surface area contributed by atoms with E-state index in [4.69, 9.17) is 11.6 Å². The maximum atomic E-state index is 5.86. The molecule has 2 rings (SSSR count). The molecule has 0 heterocycles. The van der Waals surface area contributed by atoms with Crippen molar-refractivity contribution < 1.29 is 0 Å². The van der Waals surface area contributed by atoms with Crippen molar-refractivity contribution in [2.75, 3.05) is 0 Å². The Hall–Kier alpha value is -1.60. The third kappa shape index (κ3) is 2.93. The fourth-order valence-corrected chi connectivity index (χ4v) is 1.45. The number of aliphatic imine (C=N–C) groups is 1. The number of hydrogen-bond acceptors (Lipinski definition) is 1. The van der Waals surface area contributed by atoms with Crippen molar-refractivity contribution in [1.29, 1.82) is 0 Å². The largest absolute Gasteiger partial charge is 0.256 e. The van der Waals surface area contributed by atoms with Crippen LogP contribution in [0.5, 0.6) is 0 Å². The molecule has 0 unspecified atom stereocenters. The first-order valence-corrected chi connectivity index (χ1v) is 5.07. The predicted molar refractivity (Wildman–Crippen MR) is 65.1 cm³/mol. The van der Waals surface area contributed by atoms with Crippen LogP contribution in [0, 0.1) is 0 Å². The van der Waals surface area contributed by atoms with E-state index in [0.29, 0.717) is 0 Å². The Labute approximate surface area is 94.1 Å². The average Bonchev–Trinajstić information content (AvgIpc) is 2.28. The molecule has 0 spiro atoms. The fourth-order valence-electron chi connectivity index (χ4n) is 1.25. The van der Waals surface area contributed by atoms with Crippen LogP contribution >= 0.6 is 11.6 Å². The van der Waals surface area contributed by atoms with Gasteiger partial charge < -0.3 is 0 Å². The molecule has 0 saturated carbocycles. The monoisotopic (exact) mass is 215 g/mol. The van der Waals surface area contributed by atoms with E-state index in [0.717, 1.165) is 16.3 Å². The Morgan fingerprint density at radius 2 is 1.73 bits per heavy atom. The lowest BCUT2D eigenvalue weighted by atomic mass is 10.2. The molecule has 2 heteroatoms. The molecule has 2 aromatic carbocycles. The van der Waals surface area contributed by atoms with Gasteiger partial charge >= 0.3 is 0 Å². The summed E-state index contributed by atoms with van der Waals surface area (Å²) in [6, 6.07) is 17.4. The lowest BCUT2D eigenvalue weighted by molar-refractivity contribution is 1.53. The van der Waals surface area contributed by atoms with Crippen molar-refractivity contribution in [3.63, 3.8) is 0 Å². The van der Waals surface area contributed by atoms with Crippen LogP contribution in [-0.4, -0.2) is 6.21 Å². The third-order valence-corrected chi connectivity index (χ3v) is 2.20. The molecule has 0 aliphatic rings. The minimum atomic E-state index is 0.729. The van der Waals surface area contributed by atoms with Crippen molar-refractivity contribution in [3.05, 3.63) is 65.2 Å². The first-order chi connectivity index (χ1) is 7.34. The van der Waals surface area contributed by atoms with Crippen molar-refractivity contribution in [2.24, 2.45) is 4.99 Å². The molecule has 15 heavy (non-hydrogen) atoms. The topological polar surface area (TPSA) is 12.4 Å². The second kappa shape index (κ2) is 4.76. The lowest BCUT2D eigenvalue weighted by Crippen LogP contribution is -1.78. The highest BCUT2D eigenvalue weighted by Gasteiger charge is 1.89. The standard InChI is InChI=1S/C13H10ClN/c14-12-6-4-5-11(9-12)10-15-13-7-2-1-3-8-13/h1-10H/b15-10+. The maximum Gasteiger partial charge on any atom is 0.0629 e. The number of rotatable bonds is 2. The Kier molecular flexibility index (Phi) is 3.15. The molecular weight excluding hydrogens is 206 g/mol. The molecule has 0 N–H and O–H groups in total. The third-order valence-electron chi connectivity index (χ3n) is 1.97. The molecule has 74 valence electrons. The summed E-state index contributed by atoms with van der Waals surface area (Å²) in [5, 5.41) is 0.729. The van der Waals surface area contributed by atoms with Crippen molar-refractivity contribution in [1.82, 2.24) is 0 Å². The average molecular weight is 216 g/mol. The van der Waals surface area contributed by atoms with E-state index < -0.39 is 0 Å². The van der Waals surface area contributed by atoms with E-state index >= 15 is 0 Å². The van der Waals surface area contributed by atoms with Crippen LogP contribution in [0.1, 0.15) is 5.56 Å². The van der Waals surface area contributed by atoms with E-state index in [2.05, 4.69) is 4.99 Å². The first-order valence-electron chi connectivity index (χ1n) is 4.69. The molecule has 2 aromatic rings. The minimum Gasteiger partial charge on any atom is -0.256 e. The van der Waals surface area contributed by atoms with Gasteiger partial charge in [-0.15, -0.1) is 0 Å². The smallest absolute Gasteiger partial charge is 0.0629 e. The van der Waals surface area contributed by atoms with Crippen LogP contribution in [0.3, 0.4) is 0 Å². The van der Waals surface area contributed by atoms with Gasteiger partial charge in [0.25, 0.3) is 0 Å².